The number of phosphoric ester groups is 1. The summed E-state index contributed by atoms with van der Waals surface area (Å²) in [5.74, 6) is -0.377. The van der Waals surface area contributed by atoms with E-state index in [2.05, 4.69) is 38.2 Å². The highest BCUT2D eigenvalue weighted by Crippen LogP contribution is 2.38. The summed E-state index contributed by atoms with van der Waals surface area (Å²) in [4.78, 5) is 25.0. The van der Waals surface area contributed by atoms with E-state index in [0.29, 0.717) is 30.5 Å². The smallest absolute Gasteiger partial charge is 0.306 e. The van der Waals surface area contributed by atoms with E-state index in [9.17, 15) is 19.4 Å². The summed E-state index contributed by atoms with van der Waals surface area (Å²) in [6.45, 7) is 5.11. The van der Waals surface area contributed by atoms with Gasteiger partial charge in [-0.1, -0.05) is 140 Å². The molecule has 316 valence electrons. The number of allylic oxidation sites excluding steroid dienone is 6. The fraction of sp³-hybridized carbons (Fsp3) is 0.795. The number of esters is 1. The molecule has 0 saturated heterocycles. The minimum absolute atomic E-state index is 0.00978. The lowest BCUT2D eigenvalue weighted by Gasteiger charge is -2.28. The summed E-state index contributed by atoms with van der Waals surface area (Å²) >= 11 is 0. The molecule has 0 rings (SSSR count). The Bertz CT molecular complexity index is 1020. The van der Waals surface area contributed by atoms with Crippen LogP contribution in [0, 0.1) is 0 Å². The van der Waals surface area contributed by atoms with Crippen LogP contribution >= 0.6 is 7.82 Å². The molecule has 0 amide bonds. The summed E-state index contributed by atoms with van der Waals surface area (Å²) < 4.78 is 34.5. The van der Waals surface area contributed by atoms with Crippen LogP contribution in [-0.2, 0) is 27.9 Å². The summed E-state index contributed by atoms with van der Waals surface area (Å²) in [6.07, 6.45) is 40.2. The minimum Gasteiger partial charge on any atom is -0.756 e. The van der Waals surface area contributed by atoms with Gasteiger partial charge in [0.1, 0.15) is 19.3 Å². The highest BCUT2D eigenvalue weighted by atomic mass is 31.2. The summed E-state index contributed by atoms with van der Waals surface area (Å²) in [5.41, 5.74) is 0. The van der Waals surface area contributed by atoms with Gasteiger partial charge in [-0.15, -0.1) is 0 Å². The van der Waals surface area contributed by atoms with Crippen molar-refractivity contribution in [2.75, 3.05) is 54.1 Å². The Morgan fingerprint density at radius 1 is 0.685 bits per heavy atom. The fourth-order valence-corrected chi connectivity index (χ4v) is 6.30. The van der Waals surface area contributed by atoms with Gasteiger partial charge in [0, 0.05) is 13.0 Å². The van der Waals surface area contributed by atoms with E-state index in [4.69, 9.17) is 18.5 Å². The van der Waals surface area contributed by atoms with Gasteiger partial charge in [-0.3, -0.25) is 9.36 Å². The Labute approximate surface area is 331 Å². The predicted octanol–water partition coefficient (Wildman–Crippen LogP) is 10.7. The van der Waals surface area contributed by atoms with Crippen LogP contribution in [-0.4, -0.2) is 81.9 Å². The van der Waals surface area contributed by atoms with Crippen molar-refractivity contribution in [2.45, 2.75) is 174 Å². The number of rotatable bonds is 39. The number of quaternary nitrogens is 1. The van der Waals surface area contributed by atoms with Gasteiger partial charge < -0.3 is 33.0 Å². The van der Waals surface area contributed by atoms with Gasteiger partial charge in [-0.05, 0) is 64.2 Å². The van der Waals surface area contributed by atoms with E-state index in [1.54, 1.807) is 6.08 Å². The van der Waals surface area contributed by atoms with E-state index in [1.807, 2.05) is 39.4 Å². The van der Waals surface area contributed by atoms with E-state index in [1.165, 1.54) is 70.6 Å². The second-order valence-electron chi connectivity index (χ2n) is 15.5. The molecule has 0 aliphatic carbocycles. The monoisotopic (exact) mass is 784 g/mol. The third-order valence-corrected chi connectivity index (χ3v) is 9.91. The lowest BCUT2D eigenvalue weighted by atomic mass is 10.1. The van der Waals surface area contributed by atoms with Gasteiger partial charge in [0.25, 0.3) is 7.82 Å². The van der Waals surface area contributed by atoms with Crippen molar-refractivity contribution in [2.24, 2.45) is 0 Å². The number of unbranched alkanes of at least 4 members (excludes halogenated alkanes) is 17. The van der Waals surface area contributed by atoms with Crippen molar-refractivity contribution in [3.05, 3.63) is 48.6 Å². The van der Waals surface area contributed by atoms with E-state index >= 15 is 0 Å². The SMILES string of the molecule is CC/C=C/CC(O)/C=C/C=C/CCCCCCCC(=O)OC(COCCCCCCCC/C=C\CCCCCCCC)COP(=O)([O-])OCC[N+](C)(C)C. The average Bonchev–Trinajstić information content (AvgIpc) is 3.11. The first kappa shape index (κ1) is 52.4. The molecule has 0 aromatic heterocycles. The highest BCUT2D eigenvalue weighted by Gasteiger charge is 2.20. The number of nitrogens with zero attached hydrogens (tertiary/aromatic N) is 1. The summed E-state index contributed by atoms with van der Waals surface area (Å²) in [6, 6.07) is 0. The van der Waals surface area contributed by atoms with E-state index < -0.39 is 20.0 Å². The maximum absolute atomic E-state index is 12.7. The van der Waals surface area contributed by atoms with Gasteiger partial charge in [0.15, 0.2) is 0 Å². The summed E-state index contributed by atoms with van der Waals surface area (Å²) in [5, 5.41) is 9.88. The number of aliphatic hydroxyl groups excluding tert-OH is 1. The molecule has 0 aliphatic heterocycles. The van der Waals surface area contributed by atoms with Gasteiger partial charge in [-0.25, -0.2) is 0 Å². The molecule has 0 spiro atoms. The molecule has 1 N–H and O–H groups in total. The molecule has 10 heteroatoms. The maximum Gasteiger partial charge on any atom is 0.306 e. The Kier molecular flexibility index (Phi) is 35.9. The van der Waals surface area contributed by atoms with Crippen molar-refractivity contribution in [1.29, 1.82) is 0 Å². The van der Waals surface area contributed by atoms with Crippen LogP contribution in [0.15, 0.2) is 48.6 Å². The molecule has 0 heterocycles. The number of hydrogen-bond acceptors (Lipinski definition) is 8. The largest absolute Gasteiger partial charge is 0.756 e. The molecule has 0 aromatic carbocycles. The highest BCUT2D eigenvalue weighted by molar-refractivity contribution is 7.45. The van der Waals surface area contributed by atoms with Crippen LogP contribution < -0.4 is 4.89 Å². The topological polar surface area (TPSA) is 114 Å². The molecule has 0 saturated carbocycles. The van der Waals surface area contributed by atoms with Gasteiger partial charge >= 0.3 is 5.97 Å². The van der Waals surface area contributed by atoms with Crippen LogP contribution in [0.2, 0.25) is 0 Å². The van der Waals surface area contributed by atoms with Crippen molar-refractivity contribution >= 4 is 13.8 Å². The number of hydrogen-bond donors (Lipinski definition) is 1. The molecule has 3 unspecified atom stereocenters. The zero-order chi connectivity index (χ0) is 40.0. The molecule has 0 aromatic rings. The molecule has 0 aliphatic rings. The second kappa shape index (κ2) is 37.0. The number of phosphoric acid groups is 1. The molecule has 0 bridgehead atoms. The Morgan fingerprint density at radius 3 is 1.87 bits per heavy atom. The third-order valence-electron chi connectivity index (χ3n) is 8.94. The fourth-order valence-electron chi connectivity index (χ4n) is 5.58. The number of aliphatic hydroxyl groups is 1. The summed E-state index contributed by atoms with van der Waals surface area (Å²) in [7, 11) is 1.30. The van der Waals surface area contributed by atoms with Crippen molar-refractivity contribution in [1.82, 2.24) is 0 Å². The maximum atomic E-state index is 12.7. The third kappa shape index (κ3) is 40.1. The van der Waals surface area contributed by atoms with E-state index in [0.717, 1.165) is 57.8 Å². The minimum atomic E-state index is -4.54. The Morgan fingerprint density at radius 2 is 1.26 bits per heavy atom. The number of ether oxygens (including phenoxy) is 2. The molecule has 54 heavy (non-hydrogen) atoms. The molecule has 9 nitrogen and oxygen atoms in total. The van der Waals surface area contributed by atoms with Gasteiger partial charge in [0.05, 0.1) is 40.5 Å². The molecule has 3 atom stereocenters. The van der Waals surface area contributed by atoms with Crippen LogP contribution in [0.1, 0.15) is 162 Å². The quantitative estimate of drug-likeness (QED) is 0.0164. The lowest BCUT2D eigenvalue weighted by molar-refractivity contribution is -0.870. The first-order valence-electron chi connectivity index (χ1n) is 21.5. The normalized spacial score (nSPS) is 14.9. The molecule has 0 radical (unpaired) electrons. The first-order valence-corrected chi connectivity index (χ1v) is 22.9. The average molecular weight is 784 g/mol. The zero-order valence-corrected chi connectivity index (χ0v) is 36.2. The first-order chi connectivity index (χ1) is 26.0. The predicted molar refractivity (Wildman–Crippen MR) is 223 cm³/mol. The van der Waals surface area contributed by atoms with Crippen LogP contribution in [0.4, 0.5) is 0 Å². The standard InChI is InChI=1S/C44H82NO8P/c1-6-8-10-11-12-13-14-15-16-17-18-19-23-26-29-33-38-50-40-43(41-52-54(48,49)51-39-37-45(3,4)5)53-44(47)36-32-28-25-22-20-21-24-27-31-35-42(46)34-30-9-7-2/h9,15-16,24,27,30-31,35,42-43,46H,6-8,10-14,17-23,25-26,28-29,32-34,36-41H2,1-5H3/b16-15-,27-24+,30-9+,35-31+. The lowest BCUT2D eigenvalue weighted by Crippen LogP contribution is -2.37. The van der Waals surface area contributed by atoms with E-state index in [-0.39, 0.29) is 32.2 Å². The van der Waals surface area contributed by atoms with Gasteiger partial charge in [0.2, 0.25) is 0 Å². The Balaban J connectivity index is 4.33. The molecular weight excluding hydrogens is 701 g/mol. The molecule has 0 fully saturated rings. The van der Waals surface area contributed by atoms with Crippen molar-refractivity contribution in [3.63, 3.8) is 0 Å². The number of carbonyl (C=O) groups is 1. The van der Waals surface area contributed by atoms with Crippen molar-refractivity contribution in [3.8, 4) is 0 Å². The number of carbonyl (C=O) groups excluding carboxylic acids is 1. The van der Waals surface area contributed by atoms with Crippen LogP contribution in [0.3, 0.4) is 0 Å². The Hall–Kier alpha value is -1.58. The second-order valence-corrected chi connectivity index (χ2v) is 16.9. The van der Waals surface area contributed by atoms with Crippen molar-refractivity contribution < 1.29 is 42.4 Å². The van der Waals surface area contributed by atoms with Crippen LogP contribution in [0.25, 0.3) is 0 Å². The number of likely N-dealkylation sites (N-methyl/N-ethyl adjacent to an activating group) is 1. The van der Waals surface area contributed by atoms with Crippen LogP contribution in [0.5, 0.6) is 0 Å². The zero-order valence-electron chi connectivity index (χ0n) is 35.3. The van der Waals surface area contributed by atoms with Gasteiger partial charge in [-0.2, -0.15) is 0 Å². The molecular formula is C44H82NO8P.